The first-order chi connectivity index (χ1) is 10.5. The smallest absolute Gasteiger partial charge is 0.383 e. The standard InChI is InChI=1S/C15H16O7/c1-2-20-14-13(18)10-6-5-9(8-11(10)22-15(14)19)21-7-3-4-12(16)17/h5-6,8,18H,2-4,7H2,1H3,(H,16,17). The maximum atomic E-state index is 11.7. The Morgan fingerprint density at radius 1 is 1.32 bits per heavy atom. The Hall–Kier alpha value is -2.70. The molecule has 22 heavy (non-hydrogen) atoms. The zero-order valence-corrected chi connectivity index (χ0v) is 12.0. The Balaban J connectivity index is 2.22. The van der Waals surface area contributed by atoms with Crippen LogP contribution >= 0.6 is 0 Å². The molecule has 0 spiro atoms. The summed E-state index contributed by atoms with van der Waals surface area (Å²) >= 11 is 0. The minimum atomic E-state index is -0.888. The number of benzene rings is 1. The molecule has 2 rings (SSSR count). The third kappa shape index (κ3) is 3.49. The molecule has 0 aliphatic heterocycles. The van der Waals surface area contributed by atoms with Gasteiger partial charge in [-0.25, -0.2) is 4.79 Å². The fourth-order valence-electron chi connectivity index (χ4n) is 1.92. The number of carboxylic acids is 1. The van der Waals surface area contributed by atoms with Crippen molar-refractivity contribution >= 4 is 16.9 Å². The molecule has 7 heteroatoms. The summed E-state index contributed by atoms with van der Waals surface area (Å²) < 4.78 is 15.5. The van der Waals surface area contributed by atoms with Crippen LogP contribution in [-0.2, 0) is 4.79 Å². The minimum absolute atomic E-state index is 0.0150. The van der Waals surface area contributed by atoms with Gasteiger partial charge in [-0.05, 0) is 25.5 Å². The van der Waals surface area contributed by atoms with Gasteiger partial charge < -0.3 is 24.1 Å². The van der Waals surface area contributed by atoms with E-state index in [-0.39, 0.29) is 36.7 Å². The van der Waals surface area contributed by atoms with E-state index in [0.29, 0.717) is 17.6 Å². The number of rotatable bonds is 7. The number of carboxylic acid groups (broad SMARTS) is 1. The molecule has 0 fully saturated rings. The Kier molecular flexibility index (Phi) is 4.88. The van der Waals surface area contributed by atoms with Crippen LogP contribution in [0.5, 0.6) is 17.2 Å². The molecule has 0 saturated carbocycles. The lowest BCUT2D eigenvalue weighted by molar-refractivity contribution is -0.137. The average molecular weight is 308 g/mol. The van der Waals surface area contributed by atoms with Crippen LogP contribution in [0.4, 0.5) is 0 Å². The largest absolute Gasteiger partial charge is 0.504 e. The molecule has 0 unspecified atom stereocenters. The minimum Gasteiger partial charge on any atom is -0.504 e. The Morgan fingerprint density at radius 3 is 2.77 bits per heavy atom. The number of carbonyl (C=O) groups is 1. The van der Waals surface area contributed by atoms with E-state index in [0.717, 1.165) is 0 Å². The van der Waals surface area contributed by atoms with Gasteiger partial charge in [0.25, 0.3) is 0 Å². The van der Waals surface area contributed by atoms with E-state index in [4.69, 9.17) is 19.0 Å². The fraction of sp³-hybridized carbons (Fsp3) is 0.333. The highest BCUT2D eigenvalue weighted by Gasteiger charge is 2.15. The number of hydrogen-bond acceptors (Lipinski definition) is 6. The molecule has 0 radical (unpaired) electrons. The van der Waals surface area contributed by atoms with E-state index >= 15 is 0 Å². The second kappa shape index (κ2) is 6.84. The average Bonchev–Trinajstić information content (AvgIpc) is 2.47. The SMILES string of the molecule is CCOc1c(O)c2ccc(OCCCC(=O)O)cc2oc1=O. The summed E-state index contributed by atoms with van der Waals surface area (Å²) in [6.07, 6.45) is 0.382. The van der Waals surface area contributed by atoms with Gasteiger partial charge in [0, 0.05) is 12.5 Å². The maximum absolute atomic E-state index is 11.7. The lowest BCUT2D eigenvalue weighted by Crippen LogP contribution is -2.07. The molecular weight excluding hydrogens is 292 g/mol. The van der Waals surface area contributed by atoms with E-state index in [2.05, 4.69) is 0 Å². The molecule has 0 saturated heterocycles. The van der Waals surface area contributed by atoms with Crippen molar-refractivity contribution in [1.82, 2.24) is 0 Å². The van der Waals surface area contributed by atoms with Gasteiger partial charge in [0.1, 0.15) is 11.3 Å². The van der Waals surface area contributed by atoms with Crippen molar-refractivity contribution in [2.24, 2.45) is 0 Å². The molecule has 1 heterocycles. The van der Waals surface area contributed by atoms with Crippen LogP contribution in [0.3, 0.4) is 0 Å². The highest BCUT2D eigenvalue weighted by Crippen LogP contribution is 2.33. The Morgan fingerprint density at radius 2 is 2.09 bits per heavy atom. The molecule has 2 aromatic rings. The molecule has 0 bridgehead atoms. The third-order valence-electron chi connectivity index (χ3n) is 2.90. The number of ether oxygens (including phenoxy) is 2. The van der Waals surface area contributed by atoms with Crippen LogP contribution in [0.1, 0.15) is 19.8 Å². The summed E-state index contributed by atoms with van der Waals surface area (Å²) in [5.41, 5.74) is -0.600. The highest BCUT2D eigenvalue weighted by atomic mass is 16.5. The molecule has 0 atom stereocenters. The maximum Gasteiger partial charge on any atom is 0.383 e. The lowest BCUT2D eigenvalue weighted by atomic mass is 10.2. The van der Waals surface area contributed by atoms with E-state index < -0.39 is 11.6 Å². The van der Waals surface area contributed by atoms with E-state index in [1.807, 2.05) is 0 Å². The first kappa shape index (κ1) is 15.7. The first-order valence-corrected chi connectivity index (χ1v) is 6.80. The third-order valence-corrected chi connectivity index (χ3v) is 2.90. The predicted molar refractivity (Wildman–Crippen MR) is 77.7 cm³/mol. The van der Waals surface area contributed by atoms with Crippen LogP contribution in [0.25, 0.3) is 11.0 Å². The highest BCUT2D eigenvalue weighted by molar-refractivity contribution is 5.86. The van der Waals surface area contributed by atoms with E-state index in [9.17, 15) is 14.7 Å². The van der Waals surface area contributed by atoms with Gasteiger partial charge >= 0.3 is 11.6 Å². The van der Waals surface area contributed by atoms with Gasteiger partial charge in [-0.1, -0.05) is 0 Å². The van der Waals surface area contributed by atoms with Crippen molar-refractivity contribution in [3.63, 3.8) is 0 Å². The summed E-state index contributed by atoms with van der Waals surface area (Å²) in [5.74, 6) is -0.957. The van der Waals surface area contributed by atoms with Gasteiger partial charge in [0.15, 0.2) is 5.75 Å². The van der Waals surface area contributed by atoms with Gasteiger partial charge in [0.2, 0.25) is 5.75 Å². The summed E-state index contributed by atoms with van der Waals surface area (Å²) in [4.78, 5) is 22.1. The van der Waals surface area contributed by atoms with Crippen molar-refractivity contribution < 1.29 is 28.9 Å². The van der Waals surface area contributed by atoms with Gasteiger partial charge in [0.05, 0.1) is 18.6 Å². The van der Waals surface area contributed by atoms with Crippen LogP contribution in [0.2, 0.25) is 0 Å². The monoisotopic (exact) mass is 308 g/mol. The van der Waals surface area contributed by atoms with Crippen LogP contribution in [0.15, 0.2) is 27.4 Å². The van der Waals surface area contributed by atoms with Crippen molar-refractivity contribution in [3.8, 4) is 17.2 Å². The first-order valence-electron chi connectivity index (χ1n) is 6.80. The molecule has 0 amide bonds. The summed E-state index contributed by atoms with van der Waals surface area (Å²) in [6.45, 7) is 2.15. The van der Waals surface area contributed by atoms with Crippen molar-refractivity contribution in [2.75, 3.05) is 13.2 Å². The second-order valence-electron chi connectivity index (χ2n) is 4.50. The molecular formula is C15H16O7. The van der Waals surface area contributed by atoms with Crippen molar-refractivity contribution in [3.05, 3.63) is 28.6 Å². The van der Waals surface area contributed by atoms with Crippen LogP contribution < -0.4 is 15.1 Å². The summed E-state index contributed by atoms with van der Waals surface area (Å²) in [7, 11) is 0. The Bertz CT molecular complexity index is 732. The number of fused-ring (bicyclic) bond motifs is 1. The zero-order valence-electron chi connectivity index (χ0n) is 12.0. The lowest BCUT2D eigenvalue weighted by Gasteiger charge is -2.09. The van der Waals surface area contributed by atoms with Gasteiger partial charge in [-0.2, -0.15) is 0 Å². The van der Waals surface area contributed by atoms with Gasteiger partial charge in [-0.15, -0.1) is 0 Å². The molecule has 118 valence electrons. The predicted octanol–water partition coefficient (Wildman–Crippen LogP) is 2.14. The number of hydrogen-bond donors (Lipinski definition) is 2. The molecule has 7 nitrogen and oxygen atoms in total. The summed E-state index contributed by atoms with van der Waals surface area (Å²) in [6, 6.07) is 4.61. The summed E-state index contributed by atoms with van der Waals surface area (Å²) in [5, 5.41) is 18.9. The van der Waals surface area contributed by atoms with E-state index in [1.54, 1.807) is 19.1 Å². The number of aromatic hydroxyl groups is 1. The second-order valence-corrected chi connectivity index (χ2v) is 4.50. The molecule has 1 aromatic heterocycles. The quantitative estimate of drug-likeness (QED) is 0.596. The van der Waals surface area contributed by atoms with Crippen molar-refractivity contribution in [2.45, 2.75) is 19.8 Å². The van der Waals surface area contributed by atoms with Crippen molar-refractivity contribution in [1.29, 1.82) is 0 Å². The number of aliphatic carboxylic acids is 1. The fourth-order valence-corrected chi connectivity index (χ4v) is 1.92. The molecule has 0 aliphatic carbocycles. The Labute approximate surface area is 125 Å². The topological polar surface area (TPSA) is 106 Å². The van der Waals surface area contributed by atoms with Crippen LogP contribution in [0, 0.1) is 0 Å². The molecule has 2 N–H and O–H groups in total. The van der Waals surface area contributed by atoms with E-state index in [1.165, 1.54) is 6.07 Å². The normalized spacial score (nSPS) is 10.6. The molecule has 1 aromatic carbocycles. The van der Waals surface area contributed by atoms with Crippen LogP contribution in [-0.4, -0.2) is 29.4 Å². The van der Waals surface area contributed by atoms with Gasteiger partial charge in [-0.3, -0.25) is 4.79 Å². The zero-order chi connectivity index (χ0) is 16.1. The molecule has 0 aliphatic rings.